The van der Waals surface area contributed by atoms with Crippen LogP contribution in [0.15, 0.2) is 36.5 Å². The Morgan fingerprint density at radius 2 is 2.32 bits per heavy atom. The second-order valence-corrected chi connectivity index (χ2v) is 5.48. The van der Waals surface area contributed by atoms with Crippen molar-refractivity contribution < 1.29 is 0 Å². The van der Waals surface area contributed by atoms with Crippen LogP contribution < -0.4 is 5.32 Å². The Morgan fingerprint density at radius 3 is 3.21 bits per heavy atom. The minimum Gasteiger partial charge on any atom is -0.319 e. The second kappa shape index (κ2) is 5.68. The van der Waals surface area contributed by atoms with Gasteiger partial charge in [0.2, 0.25) is 0 Å². The molecule has 3 rings (SSSR count). The summed E-state index contributed by atoms with van der Waals surface area (Å²) in [7, 11) is 2.04. The zero-order valence-corrected chi connectivity index (χ0v) is 11.5. The molecule has 19 heavy (non-hydrogen) atoms. The van der Waals surface area contributed by atoms with Crippen LogP contribution >= 0.6 is 0 Å². The molecule has 2 aromatic rings. The summed E-state index contributed by atoms with van der Waals surface area (Å²) < 4.78 is 0. The normalized spacial score (nSPS) is 20.2. The predicted molar refractivity (Wildman–Crippen MR) is 79.1 cm³/mol. The zero-order valence-electron chi connectivity index (χ0n) is 11.5. The summed E-state index contributed by atoms with van der Waals surface area (Å²) in [5, 5.41) is 4.52. The number of benzene rings is 1. The largest absolute Gasteiger partial charge is 0.319 e. The molecule has 0 radical (unpaired) electrons. The lowest BCUT2D eigenvalue weighted by molar-refractivity contribution is 0.315. The molecule has 0 bridgehead atoms. The third kappa shape index (κ3) is 2.94. The van der Waals surface area contributed by atoms with Gasteiger partial charge >= 0.3 is 0 Å². The van der Waals surface area contributed by atoms with Gasteiger partial charge in [0.1, 0.15) is 0 Å². The Balaban J connectivity index is 1.68. The second-order valence-electron chi connectivity index (χ2n) is 5.48. The summed E-state index contributed by atoms with van der Waals surface area (Å²) in [6.45, 7) is 4.63. The SMILES string of the molecule is CNCC1CCN(Cc2ccc3ncccc3c2)C1. The van der Waals surface area contributed by atoms with Gasteiger partial charge in [-0.15, -0.1) is 0 Å². The first-order valence-corrected chi connectivity index (χ1v) is 7.06. The molecule has 3 heteroatoms. The highest BCUT2D eigenvalue weighted by molar-refractivity contribution is 5.78. The van der Waals surface area contributed by atoms with E-state index in [1.807, 2.05) is 19.3 Å². The number of pyridine rings is 1. The summed E-state index contributed by atoms with van der Waals surface area (Å²) in [4.78, 5) is 6.92. The van der Waals surface area contributed by atoms with Crippen LogP contribution in [0.3, 0.4) is 0 Å². The molecule has 0 amide bonds. The molecule has 100 valence electrons. The molecule has 1 saturated heterocycles. The Labute approximate surface area is 114 Å². The van der Waals surface area contributed by atoms with Crippen molar-refractivity contribution in [3.63, 3.8) is 0 Å². The summed E-state index contributed by atoms with van der Waals surface area (Å²) >= 11 is 0. The molecule has 2 heterocycles. The van der Waals surface area contributed by atoms with Crippen LogP contribution in [-0.4, -0.2) is 36.6 Å². The average Bonchev–Trinajstić information content (AvgIpc) is 2.86. The number of fused-ring (bicyclic) bond motifs is 1. The van der Waals surface area contributed by atoms with E-state index in [1.54, 1.807) is 0 Å². The van der Waals surface area contributed by atoms with E-state index in [9.17, 15) is 0 Å². The van der Waals surface area contributed by atoms with Crippen molar-refractivity contribution in [3.8, 4) is 0 Å². The van der Waals surface area contributed by atoms with Gasteiger partial charge in [0.15, 0.2) is 0 Å². The number of likely N-dealkylation sites (tertiary alicyclic amines) is 1. The van der Waals surface area contributed by atoms with E-state index in [0.29, 0.717) is 0 Å². The van der Waals surface area contributed by atoms with Crippen molar-refractivity contribution in [2.45, 2.75) is 13.0 Å². The van der Waals surface area contributed by atoms with Crippen molar-refractivity contribution >= 4 is 10.9 Å². The topological polar surface area (TPSA) is 28.2 Å². The summed E-state index contributed by atoms with van der Waals surface area (Å²) in [6, 6.07) is 10.8. The van der Waals surface area contributed by atoms with Crippen molar-refractivity contribution in [1.82, 2.24) is 15.2 Å². The maximum absolute atomic E-state index is 4.37. The number of rotatable bonds is 4. The molecule has 0 saturated carbocycles. The highest BCUT2D eigenvalue weighted by Gasteiger charge is 2.21. The molecule has 3 nitrogen and oxygen atoms in total. The number of aromatic nitrogens is 1. The summed E-state index contributed by atoms with van der Waals surface area (Å²) in [5.41, 5.74) is 2.48. The summed E-state index contributed by atoms with van der Waals surface area (Å²) in [5.74, 6) is 0.812. The maximum atomic E-state index is 4.37. The van der Waals surface area contributed by atoms with Gasteiger partial charge < -0.3 is 5.32 Å². The third-order valence-electron chi connectivity index (χ3n) is 3.94. The van der Waals surface area contributed by atoms with Crippen LogP contribution in [-0.2, 0) is 6.54 Å². The van der Waals surface area contributed by atoms with E-state index in [1.165, 1.54) is 30.5 Å². The highest BCUT2D eigenvalue weighted by Crippen LogP contribution is 2.20. The molecule has 1 aliphatic heterocycles. The fraction of sp³-hybridized carbons (Fsp3) is 0.438. The molecule has 1 unspecified atom stereocenters. The molecular formula is C16H21N3. The third-order valence-corrected chi connectivity index (χ3v) is 3.94. The number of nitrogens with one attached hydrogen (secondary N) is 1. The van der Waals surface area contributed by atoms with E-state index in [-0.39, 0.29) is 0 Å². The first-order chi connectivity index (χ1) is 9.35. The van der Waals surface area contributed by atoms with Gasteiger partial charge in [-0.1, -0.05) is 12.1 Å². The van der Waals surface area contributed by atoms with Crippen LogP contribution in [0.1, 0.15) is 12.0 Å². The zero-order chi connectivity index (χ0) is 13.1. The first kappa shape index (κ1) is 12.6. The van der Waals surface area contributed by atoms with Gasteiger partial charge in [-0.2, -0.15) is 0 Å². The highest BCUT2D eigenvalue weighted by atomic mass is 15.1. The molecule has 1 aliphatic rings. The fourth-order valence-corrected chi connectivity index (χ4v) is 2.99. The van der Waals surface area contributed by atoms with Gasteiger partial charge in [0.05, 0.1) is 5.52 Å². The lowest BCUT2D eigenvalue weighted by Crippen LogP contribution is -2.24. The first-order valence-electron chi connectivity index (χ1n) is 7.06. The van der Waals surface area contributed by atoms with Crippen molar-refractivity contribution in [2.24, 2.45) is 5.92 Å². The van der Waals surface area contributed by atoms with Crippen LogP contribution in [0.4, 0.5) is 0 Å². The van der Waals surface area contributed by atoms with Gasteiger partial charge in [0.25, 0.3) is 0 Å². The molecule has 1 aromatic carbocycles. The smallest absolute Gasteiger partial charge is 0.0702 e. The van der Waals surface area contributed by atoms with E-state index >= 15 is 0 Å². The molecular weight excluding hydrogens is 234 g/mol. The van der Waals surface area contributed by atoms with E-state index < -0.39 is 0 Å². The lowest BCUT2D eigenvalue weighted by Gasteiger charge is -2.16. The van der Waals surface area contributed by atoms with Gasteiger partial charge in [0, 0.05) is 24.7 Å². The minimum atomic E-state index is 0.812. The van der Waals surface area contributed by atoms with Crippen LogP contribution in [0.2, 0.25) is 0 Å². The molecule has 1 atom stereocenters. The standard InChI is InChI=1S/C16H21N3/c1-17-10-14-6-8-19(12-14)11-13-4-5-16-15(9-13)3-2-7-18-16/h2-5,7,9,14,17H,6,8,10-12H2,1H3. The minimum absolute atomic E-state index is 0.812. The summed E-state index contributed by atoms with van der Waals surface area (Å²) in [6.07, 6.45) is 3.17. The van der Waals surface area contributed by atoms with Crippen LogP contribution in [0.25, 0.3) is 10.9 Å². The number of hydrogen-bond donors (Lipinski definition) is 1. The van der Waals surface area contributed by atoms with Gasteiger partial charge in [-0.05, 0) is 56.2 Å². The molecule has 1 N–H and O–H groups in total. The Bertz CT molecular complexity index is 552. The number of hydrogen-bond acceptors (Lipinski definition) is 3. The monoisotopic (exact) mass is 255 g/mol. The van der Waals surface area contributed by atoms with E-state index in [2.05, 4.69) is 39.5 Å². The van der Waals surface area contributed by atoms with Crippen LogP contribution in [0, 0.1) is 5.92 Å². The van der Waals surface area contributed by atoms with Crippen molar-refractivity contribution in [1.29, 1.82) is 0 Å². The van der Waals surface area contributed by atoms with Crippen LogP contribution in [0.5, 0.6) is 0 Å². The molecule has 1 fully saturated rings. The Kier molecular flexibility index (Phi) is 3.76. The van der Waals surface area contributed by atoms with Gasteiger partial charge in [-0.3, -0.25) is 9.88 Å². The Morgan fingerprint density at radius 1 is 1.37 bits per heavy atom. The van der Waals surface area contributed by atoms with E-state index in [0.717, 1.165) is 24.5 Å². The van der Waals surface area contributed by atoms with Crippen molar-refractivity contribution in [2.75, 3.05) is 26.7 Å². The van der Waals surface area contributed by atoms with E-state index in [4.69, 9.17) is 0 Å². The number of nitrogens with zero attached hydrogens (tertiary/aromatic N) is 2. The maximum Gasteiger partial charge on any atom is 0.0702 e. The predicted octanol–water partition coefficient (Wildman–Crippen LogP) is 2.28. The lowest BCUT2D eigenvalue weighted by atomic mass is 10.1. The Hall–Kier alpha value is -1.45. The average molecular weight is 255 g/mol. The molecule has 0 aliphatic carbocycles. The quantitative estimate of drug-likeness (QED) is 0.908. The molecule has 0 spiro atoms. The van der Waals surface area contributed by atoms with Gasteiger partial charge in [-0.25, -0.2) is 0 Å². The molecule has 1 aromatic heterocycles. The fourth-order valence-electron chi connectivity index (χ4n) is 2.99. The van der Waals surface area contributed by atoms with Crippen molar-refractivity contribution in [3.05, 3.63) is 42.1 Å².